The van der Waals surface area contributed by atoms with Crippen LogP contribution in [0.3, 0.4) is 0 Å². The first-order valence-corrected chi connectivity index (χ1v) is 10.6. The Kier molecular flexibility index (Phi) is 5.85. The number of fused-ring (bicyclic) bond motifs is 1. The van der Waals surface area contributed by atoms with Gasteiger partial charge in [0, 0.05) is 12.1 Å². The van der Waals surface area contributed by atoms with Gasteiger partial charge in [0.05, 0.1) is 24.9 Å². The van der Waals surface area contributed by atoms with Crippen molar-refractivity contribution in [1.29, 1.82) is 0 Å². The molecule has 0 radical (unpaired) electrons. The van der Waals surface area contributed by atoms with Gasteiger partial charge in [-0.3, -0.25) is 19.3 Å². The molecule has 7 nitrogen and oxygen atoms in total. The molecular formula is C22H29N3O4. The largest absolute Gasteiger partial charge is 0.468 e. The first-order valence-electron chi connectivity index (χ1n) is 10.6. The first kappa shape index (κ1) is 19.9. The number of para-hydroxylation sites is 1. The Hall–Kier alpha value is -2.41. The number of hydrogen-bond donors (Lipinski definition) is 2. The SMILES string of the molecule is COC(=O)[C@@H]1C[C@H]2CCCC[C@@H]2N1CC(=O)Nc1ccccc1C(=O)NC1CC1. The maximum atomic E-state index is 12.9. The van der Waals surface area contributed by atoms with Crippen LogP contribution in [-0.2, 0) is 14.3 Å². The zero-order valence-electron chi connectivity index (χ0n) is 16.9. The molecule has 1 saturated heterocycles. The summed E-state index contributed by atoms with van der Waals surface area (Å²) in [6.45, 7) is 0.125. The third-order valence-corrected chi connectivity index (χ3v) is 6.38. The molecule has 4 rings (SSSR count). The molecule has 1 aliphatic heterocycles. The topological polar surface area (TPSA) is 87.7 Å². The van der Waals surface area contributed by atoms with Crippen molar-refractivity contribution in [3.05, 3.63) is 29.8 Å². The van der Waals surface area contributed by atoms with Gasteiger partial charge in [0.15, 0.2) is 0 Å². The number of ether oxygens (including phenoxy) is 1. The lowest BCUT2D eigenvalue weighted by molar-refractivity contribution is -0.146. The molecule has 3 atom stereocenters. The highest BCUT2D eigenvalue weighted by molar-refractivity contribution is 6.04. The van der Waals surface area contributed by atoms with Crippen LogP contribution in [0.25, 0.3) is 0 Å². The van der Waals surface area contributed by atoms with Crippen LogP contribution in [0.15, 0.2) is 24.3 Å². The fourth-order valence-corrected chi connectivity index (χ4v) is 4.78. The molecule has 3 fully saturated rings. The maximum Gasteiger partial charge on any atom is 0.323 e. The smallest absolute Gasteiger partial charge is 0.323 e. The summed E-state index contributed by atoms with van der Waals surface area (Å²) in [5, 5.41) is 5.85. The molecule has 29 heavy (non-hydrogen) atoms. The summed E-state index contributed by atoms with van der Waals surface area (Å²) in [6.07, 6.45) is 7.17. The minimum atomic E-state index is -0.368. The van der Waals surface area contributed by atoms with Crippen LogP contribution in [0, 0.1) is 5.92 Å². The van der Waals surface area contributed by atoms with Crippen LogP contribution < -0.4 is 10.6 Å². The zero-order valence-corrected chi connectivity index (χ0v) is 16.9. The molecule has 0 aromatic heterocycles. The number of esters is 1. The van der Waals surface area contributed by atoms with Crippen molar-refractivity contribution in [3.63, 3.8) is 0 Å². The van der Waals surface area contributed by atoms with Crippen LogP contribution in [0.2, 0.25) is 0 Å². The zero-order chi connectivity index (χ0) is 20.4. The van der Waals surface area contributed by atoms with E-state index in [1.165, 1.54) is 13.5 Å². The van der Waals surface area contributed by atoms with Gasteiger partial charge >= 0.3 is 5.97 Å². The molecule has 2 N–H and O–H groups in total. The third-order valence-electron chi connectivity index (χ3n) is 6.38. The second-order valence-electron chi connectivity index (χ2n) is 8.40. The van der Waals surface area contributed by atoms with Crippen molar-refractivity contribution >= 4 is 23.5 Å². The fraction of sp³-hybridized carbons (Fsp3) is 0.591. The number of carbonyl (C=O) groups excluding carboxylic acids is 3. The summed E-state index contributed by atoms with van der Waals surface area (Å²) >= 11 is 0. The van der Waals surface area contributed by atoms with Gasteiger partial charge in [-0.05, 0) is 50.2 Å². The van der Waals surface area contributed by atoms with E-state index in [0.717, 1.165) is 38.5 Å². The number of likely N-dealkylation sites (tertiary alicyclic amines) is 1. The van der Waals surface area contributed by atoms with Gasteiger partial charge in [-0.25, -0.2) is 0 Å². The Labute approximate surface area is 171 Å². The molecule has 3 aliphatic rings. The second kappa shape index (κ2) is 8.53. The highest BCUT2D eigenvalue weighted by Gasteiger charge is 2.46. The van der Waals surface area contributed by atoms with Crippen molar-refractivity contribution in [2.75, 3.05) is 19.0 Å². The van der Waals surface area contributed by atoms with Crippen LogP contribution in [0.4, 0.5) is 5.69 Å². The Morgan fingerprint density at radius 3 is 2.62 bits per heavy atom. The quantitative estimate of drug-likeness (QED) is 0.717. The summed E-state index contributed by atoms with van der Waals surface area (Å²) in [5.41, 5.74) is 0.971. The van der Waals surface area contributed by atoms with Crippen molar-refractivity contribution in [3.8, 4) is 0 Å². The van der Waals surface area contributed by atoms with Crippen molar-refractivity contribution in [2.45, 2.75) is 63.1 Å². The number of anilines is 1. The molecule has 2 amide bonds. The van der Waals surface area contributed by atoms with Crippen LogP contribution in [0.5, 0.6) is 0 Å². The van der Waals surface area contributed by atoms with Crippen molar-refractivity contribution in [2.24, 2.45) is 5.92 Å². The summed E-state index contributed by atoms with van der Waals surface area (Å²) < 4.78 is 5.00. The number of rotatable bonds is 6. The van der Waals surface area contributed by atoms with Gasteiger partial charge < -0.3 is 15.4 Å². The fourth-order valence-electron chi connectivity index (χ4n) is 4.78. The summed E-state index contributed by atoms with van der Waals surface area (Å²) in [5.74, 6) is -0.199. The number of hydrogen-bond acceptors (Lipinski definition) is 5. The predicted octanol–water partition coefficient (Wildman–Crippen LogP) is 2.32. The van der Waals surface area contributed by atoms with Crippen LogP contribution in [0.1, 0.15) is 55.3 Å². The van der Waals surface area contributed by atoms with E-state index in [1.54, 1.807) is 24.3 Å². The van der Waals surface area contributed by atoms with E-state index in [9.17, 15) is 14.4 Å². The molecule has 0 unspecified atom stereocenters. The maximum absolute atomic E-state index is 12.9. The average Bonchev–Trinajstić information content (AvgIpc) is 3.47. The lowest BCUT2D eigenvalue weighted by atomic mass is 9.85. The Balaban J connectivity index is 1.45. The molecule has 0 bridgehead atoms. The number of methoxy groups -OCH3 is 1. The van der Waals surface area contributed by atoms with Gasteiger partial charge in [0.2, 0.25) is 5.91 Å². The average molecular weight is 399 g/mol. The standard InChI is InChI=1S/C22H29N3O4/c1-29-22(28)19-12-14-6-2-5-9-18(14)25(19)13-20(26)24-17-8-4-3-7-16(17)21(27)23-15-10-11-15/h3-4,7-8,14-15,18-19H,2,5-6,9-13H2,1H3,(H,23,27)(H,24,26)/t14-,18+,19+/m1/s1. The molecule has 156 valence electrons. The lowest BCUT2D eigenvalue weighted by Crippen LogP contribution is -2.46. The van der Waals surface area contributed by atoms with E-state index < -0.39 is 0 Å². The van der Waals surface area contributed by atoms with E-state index in [4.69, 9.17) is 4.74 Å². The van der Waals surface area contributed by atoms with Gasteiger partial charge in [-0.15, -0.1) is 0 Å². The van der Waals surface area contributed by atoms with Crippen molar-refractivity contribution in [1.82, 2.24) is 10.2 Å². The van der Waals surface area contributed by atoms with Crippen LogP contribution >= 0.6 is 0 Å². The molecular weight excluding hydrogens is 370 g/mol. The van der Waals surface area contributed by atoms with Gasteiger partial charge in [0.1, 0.15) is 6.04 Å². The van der Waals surface area contributed by atoms with E-state index in [0.29, 0.717) is 17.2 Å². The highest BCUT2D eigenvalue weighted by Crippen LogP contribution is 2.39. The Morgan fingerprint density at radius 2 is 1.86 bits per heavy atom. The number of nitrogens with one attached hydrogen (secondary N) is 2. The number of benzene rings is 1. The normalized spacial score (nSPS) is 26.4. The van der Waals surface area contributed by atoms with Crippen molar-refractivity contribution < 1.29 is 19.1 Å². The molecule has 2 saturated carbocycles. The van der Waals surface area contributed by atoms with E-state index in [-0.39, 0.29) is 42.5 Å². The third kappa shape index (κ3) is 4.45. The molecule has 2 aliphatic carbocycles. The summed E-state index contributed by atoms with van der Waals surface area (Å²) in [4.78, 5) is 39.7. The van der Waals surface area contributed by atoms with Crippen LogP contribution in [-0.4, -0.2) is 54.5 Å². The summed E-state index contributed by atoms with van der Waals surface area (Å²) in [6, 6.07) is 7.17. The number of nitrogens with zero attached hydrogens (tertiary/aromatic N) is 1. The molecule has 1 aromatic carbocycles. The number of carbonyl (C=O) groups is 3. The highest BCUT2D eigenvalue weighted by atomic mass is 16.5. The molecule has 7 heteroatoms. The molecule has 0 spiro atoms. The molecule has 1 aromatic rings. The van der Waals surface area contributed by atoms with Gasteiger partial charge in [-0.1, -0.05) is 25.0 Å². The van der Waals surface area contributed by atoms with Gasteiger partial charge in [0.25, 0.3) is 5.91 Å². The second-order valence-corrected chi connectivity index (χ2v) is 8.40. The van der Waals surface area contributed by atoms with E-state index >= 15 is 0 Å². The van der Waals surface area contributed by atoms with Gasteiger partial charge in [-0.2, -0.15) is 0 Å². The monoisotopic (exact) mass is 399 g/mol. The summed E-state index contributed by atoms with van der Waals surface area (Å²) in [7, 11) is 1.40. The minimum absolute atomic E-state index is 0.125. The lowest BCUT2D eigenvalue weighted by Gasteiger charge is -2.32. The number of amides is 2. The predicted molar refractivity (Wildman–Crippen MR) is 108 cm³/mol. The van der Waals surface area contributed by atoms with E-state index in [2.05, 4.69) is 10.6 Å². The van der Waals surface area contributed by atoms with E-state index in [1.807, 2.05) is 4.90 Å². The minimum Gasteiger partial charge on any atom is -0.468 e. The Morgan fingerprint density at radius 1 is 1.10 bits per heavy atom. The first-order chi connectivity index (χ1) is 14.1. The molecule has 1 heterocycles. The Bertz CT molecular complexity index is 792.